The first-order valence-corrected chi connectivity index (χ1v) is 5.61. The Bertz CT molecular complexity index is 365. The van der Waals surface area contributed by atoms with Gasteiger partial charge in [-0.3, -0.25) is 9.59 Å². The van der Waals surface area contributed by atoms with Gasteiger partial charge in [0.25, 0.3) is 0 Å². The van der Waals surface area contributed by atoms with E-state index in [2.05, 4.69) is 12.3 Å². The quantitative estimate of drug-likeness (QED) is 0.427. The zero-order valence-electron chi connectivity index (χ0n) is 10.9. The van der Waals surface area contributed by atoms with Gasteiger partial charge in [-0.1, -0.05) is 6.58 Å². The van der Waals surface area contributed by atoms with E-state index in [1.54, 1.807) is 13.2 Å². The standard InChI is InChI=1S/C13H18O5/c1-5-6-9-7-13(11(14)17-3,12(15)18-4)8-10(9)16-2/h6,9-10H,1,7-8H2,2-4H3/t9-,10-/m0/s1. The molecule has 0 bridgehead atoms. The molecular weight excluding hydrogens is 236 g/mol. The van der Waals surface area contributed by atoms with Gasteiger partial charge in [0.05, 0.1) is 20.3 Å². The lowest BCUT2D eigenvalue weighted by Gasteiger charge is -2.22. The SMILES string of the molecule is C=C=C[C@H]1CC(C(=O)OC)(C(=O)OC)C[C@@H]1OC. The van der Waals surface area contributed by atoms with Gasteiger partial charge in [0.15, 0.2) is 5.41 Å². The van der Waals surface area contributed by atoms with Crippen molar-refractivity contribution in [3.8, 4) is 0 Å². The predicted octanol–water partition coefficient (Wildman–Crippen LogP) is 1.08. The van der Waals surface area contributed by atoms with Crippen molar-refractivity contribution in [3.63, 3.8) is 0 Å². The van der Waals surface area contributed by atoms with Gasteiger partial charge in [0.1, 0.15) is 0 Å². The van der Waals surface area contributed by atoms with Crippen molar-refractivity contribution in [1.29, 1.82) is 0 Å². The highest BCUT2D eigenvalue weighted by atomic mass is 16.5. The molecule has 1 fully saturated rings. The van der Waals surface area contributed by atoms with E-state index in [-0.39, 0.29) is 24.9 Å². The summed E-state index contributed by atoms with van der Waals surface area (Å²) in [6.45, 7) is 3.50. The van der Waals surface area contributed by atoms with Crippen LogP contribution < -0.4 is 0 Å². The number of methoxy groups -OCH3 is 3. The lowest BCUT2D eigenvalue weighted by atomic mass is 9.85. The molecular formula is C13H18O5. The zero-order chi connectivity index (χ0) is 13.8. The summed E-state index contributed by atoms with van der Waals surface area (Å²) in [7, 11) is 4.05. The summed E-state index contributed by atoms with van der Waals surface area (Å²) in [4.78, 5) is 23.8. The molecule has 5 nitrogen and oxygen atoms in total. The second-order valence-corrected chi connectivity index (χ2v) is 4.28. The molecule has 0 aromatic rings. The molecule has 1 rings (SSSR count). The monoisotopic (exact) mass is 254 g/mol. The first kappa shape index (κ1) is 14.5. The van der Waals surface area contributed by atoms with Crippen LogP contribution in [-0.2, 0) is 23.8 Å². The van der Waals surface area contributed by atoms with Gasteiger partial charge < -0.3 is 14.2 Å². The Labute approximate surface area is 106 Å². The van der Waals surface area contributed by atoms with Crippen LogP contribution in [0.4, 0.5) is 0 Å². The van der Waals surface area contributed by atoms with E-state index in [9.17, 15) is 9.59 Å². The average Bonchev–Trinajstić information content (AvgIpc) is 2.77. The van der Waals surface area contributed by atoms with E-state index in [0.717, 1.165) is 0 Å². The Kier molecular flexibility index (Phi) is 4.70. The number of rotatable bonds is 4. The van der Waals surface area contributed by atoms with E-state index >= 15 is 0 Å². The van der Waals surface area contributed by atoms with Gasteiger partial charge in [-0.05, 0) is 12.5 Å². The molecule has 0 radical (unpaired) electrons. The first-order valence-electron chi connectivity index (χ1n) is 5.61. The fourth-order valence-electron chi connectivity index (χ4n) is 2.50. The summed E-state index contributed by atoms with van der Waals surface area (Å²) in [6, 6.07) is 0. The van der Waals surface area contributed by atoms with Crippen molar-refractivity contribution < 1.29 is 23.8 Å². The molecule has 0 unspecified atom stereocenters. The fourth-order valence-corrected chi connectivity index (χ4v) is 2.50. The van der Waals surface area contributed by atoms with Crippen LogP contribution in [-0.4, -0.2) is 39.4 Å². The Morgan fingerprint density at radius 1 is 1.22 bits per heavy atom. The van der Waals surface area contributed by atoms with Gasteiger partial charge in [-0.25, -0.2) is 0 Å². The number of carbonyl (C=O) groups excluding carboxylic acids is 2. The van der Waals surface area contributed by atoms with E-state index in [1.807, 2.05) is 0 Å². The molecule has 0 aromatic heterocycles. The third kappa shape index (κ3) is 2.33. The molecule has 1 aliphatic carbocycles. The molecule has 0 amide bonds. The minimum Gasteiger partial charge on any atom is -0.468 e. The molecule has 1 saturated carbocycles. The summed E-state index contributed by atoms with van der Waals surface area (Å²) < 4.78 is 14.8. The molecule has 0 aliphatic heterocycles. The van der Waals surface area contributed by atoms with Crippen molar-refractivity contribution in [2.24, 2.45) is 11.3 Å². The zero-order valence-corrected chi connectivity index (χ0v) is 10.9. The Morgan fingerprint density at radius 3 is 2.17 bits per heavy atom. The van der Waals surface area contributed by atoms with Crippen molar-refractivity contribution in [2.45, 2.75) is 18.9 Å². The van der Waals surface area contributed by atoms with Gasteiger partial charge in [0, 0.05) is 19.4 Å². The maximum absolute atomic E-state index is 11.9. The van der Waals surface area contributed by atoms with Crippen LogP contribution in [0, 0.1) is 11.3 Å². The van der Waals surface area contributed by atoms with E-state index in [0.29, 0.717) is 0 Å². The minimum atomic E-state index is -1.29. The highest BCUT2D eigenvalue weighted by Gasteiger charge is 2.57. The van der Waals surface area contributed by atoms with Crippen LogP contribution in [0.25, 0.3) is 0 Å². The molecule has 0 heterocycles. The molecule has 1 aliphatic rings. The summed E-state index contributed by atoms with van der Waals surface area (Å²) >= 11 is 0. The van der Waals surface area contributed by atoms with E-state index < -0.39 is 17.4 Å². The molecule has 5 heteroatoms. The Hall–Kier alpha value is -1.58. The number of esters is 2. The smallest absolute Gasteiger partial charge is 0.323 e. The third-order valence-corrected chi connectivity index (χ3v) is 3.40. The molecule has 0 aromatic carbocycles. The van der Waals surface area contributed by atoms with E-state index in [4.69, 9.17) is 14.2 Å². The molecule has 2 atom stereocenters. The number of hydrogen-bond acceptors (Lipinski definition) is 5. The number of hydrogen-bond donors (Lipinski definition) is 0. The molecule has 0 spiro atoms. The van der Waals surface area contributed by atoms with Gasteiger partial charge in [-0.15, -0.1) is 5.73 Å². The van der Waals surface area contributed by atoms with Crippen LogP contribution in [0.1, 0.15) is 12.8 Å². The largest absolute Gasteiger partial charge is 0.468 e. The summed E-state index contributed by atoms with van der Waals surface area (Å²) in [5.41, 5.74) is 1.38. The van der Waals surface area contributed by atoms with Crippen LogP contribution >= 0.6 is 0 Å². The van der Waals surface area contributed by atoms with Crippen LogP contribution in [0.3, 0.4) is 0 Å². The lowest BCUT2D eigenvalue weighted by molar-refractivity contribution is -0.169. The van der Waals surface area contributed by atoms with Crippen molar-refractivity contribution in [3.05, 3.63) is 18.4 Å². The van der Waals surface area contributed by atoms with Gasteiger partial charge in [-0.2, -0.15) is 0 Å². The maximum Gasteiger partial charge on any atom is 0.323 e. The third-order valence-electron chi connectivity index (χ3n) is 3.40. The second kappa shape index (κ2) is 5.85. The topological polar surface area (TPSA) is 61.8 Å². The second-order valence-electron chi connectivity index (χ2n) is 4.28. The van der Waals surface area contributed by atoms with Crippen molar-refractivity contribution in [2.75, 3.05) is 21.3 Å². The van der Waals surface area contributed by atoms with Gasteiger partial charge in [0.2, 0.25) is 0 Å². The number of ether oxygens (including phenoxy) is 3. The summed E-state index contributed by atoms with van der Waals surface area (Å²) in [5, 5.41) is 0. The van der Waals surface area contributed by atoms with Gasteiger partial charge >= 0.3 is 11.9 Å². The molecule has 100 valence electrons. The van der Waals surface area contributed by atoms with Crippen LogP contribution in [0.15, 0.2) is 18.4 Å². The predicted molar refractivity (Wildman–Crippen MR) is 63.7 cm³/mol. The van der Waals surface area contributed by atoms with Crippen molar-refractivity contribution >= 4 is 11.9 Å². The van der Waals surface area contributed by atoms with Crippen molar-refractivity contribution in [1.82, 2.24) is 0 Å². The average molecular weight is 254 g/mol. The highest BCUT2D eigenvalue weighted by Crippen LogP contribution is 2.45. The van der Waals surface area contributed by atoms with Crippen LogP contribution in [0.5, 0.6) is 0 Å². The Morgan fingerprint density at radius 2 is 1.78 bits per heavy atom. The number of carbonyl (C=O) groups is 2. The maximum atomic E-state index is 11.9. The first-order chi connectivity index (χ1) is 8.55. The Balaban J connectivity index is 3.11. The molecule has 0 saturated heterocycles. The fraction of sp³-hybridized carbons (Fsp3) is 0.615. The summed E-state index contributed by atoms with van der Waals surface area (Å²) in [5.74, 6) is -1.28. The normalized spacial score (nSPS) is 25.1. The molecule has 18 heavy (non-hydrogen) atoms. The van der Waals surface area contributed by atoms with E-state index in [1.165, 1.54) is 14.2 Å². The van der Waals surface area contributed by atoms with Crippen LogP contribution in [0.2, 0.25) is 0 Å². The summed E-state index contributed by atoms with van der Waals surface area (Å²) in [6.07, 6.45) is 1.98. The minimum absolute atomic E-state index is 0.106. The highest BCUT2D eigenvalue weighted by molar-refractivity contribution is 6.00. The molecule has 0 N–H and O–H groups in total. The lowest BCUT2D eigenvalue weighted by Crippen LogP contribution is -2.39.